The van der Waals surface area contributed by atoms with Gasteiger partial charge in [0.15, 0.2) is 0 Å². The van der Waals surface area contributed by atoms with Gasteiger partial charge in [0, 0.05) is 46.6 Å². The smallest absolute Gasteiger partial charge is 0.261 e. The molecule has 1 unspecified atom stereocenters. The van der Waals surface area contributed by atoms with Crippen LogP contribution >= 0.6 is 0 Å². The van der Waals surface area contributed by atoms with Crippen LogP contribution in [-0.2, 0) is 13.0 Å². The molecule has 0 saturated carbocycles. The Hall–Kier alpha value is -5.41. The van der Waals surface area contributed by atoms with Gasteiger partial charge >= 0.3 is 0 Å². The molecule has 2 aliphatic rings. The molecule has 2 aromatic heterocycles. The van der Waals surface area contributed by atoms with E-state index in [4.69, 9.17) is 9.72 Å². The van der Waals surface area contributed by atoms with Crippen molar-refractivity contribution in [1.82, 2.24) is 14.5 Å². The number of halogens is 2. The van der Waals surface area contributed by atoms with Crippen LogP contribution in [-0.4, -0.2) is 48.0 Å². The summed E-state index contributed by atoms with van der Waals surface area (Å²) in [7, 11) is -0.556. The summed E-state index contributed by atoms with van der Waals surface area (Å²) in [5.74, 6) is -1.35. The topological polar surface area (TPSA) is 64.4 Å². The first-order valence-corrected chi connectivity index (χ1v) is 20.2. The van der Waals surface area contributed by atoms with Crippen molar-refractivity contribution in [3.63, 3.8) is 0 Å². The Balaban J connectivity index is 1.34. The van der Waals surface area contributed by atoms with Crippen molar-refractivity contribution in [2.24, 2.45) is 0 Å². The summed E-state index contributed by atoms with van der Waals surface area (Å²) in [5, 5.41) is 2.03. The number of amides is 2. The van der Waals surface area contributed by atoms with Crippen LogP contribution in [0.15, 0.2) is 97.1 Å². The van der Waals surface area contributed by atoms with E-state index in [2.05, 4.69) is 48.5 Å². The molecule has 6 aromatic rings. The minimum atomic E-state index is -2.20. The van der Waals surface area contributed by atoms with Crippen molar-refractivity contribution in [3.8, 4) is 17.0 Å². The number of ether oxygens (including phenoxy) is 1. The quantitative estimate of drug-likeness (QED) is 0.127. The molecular weight excluding hydrogens is 649 g/mol. The molecule has 4 heterocycles. The number of benzene rings is 4. The lowest BCUT2D eigenvalue weighted by atomic mass is 9.81. The van der Waals surface area contributed by atoms with Crippen LogP contribution in [0.25, 0.3) is 22.2 Å². The molecule has 250 valence electrons. The second-order valence-corrected chi connectivity index (χ2v) is 19.0. The predicted octanol–water partition coefficient (Wildman–Crippen LogP) is 7.92. The number of carbonyl (C=O) groups excluding carboxylic acids is 2. The van der Waals surface area contributed by atoms with Gasteiger partial charge in [0.25, 0.3) is 11.8 Å². The molecule has 2 aliphatic heterocycles. The molecule has 2 amide bonds. The number of imide groups is 1. The molecule has 50 heavy (non-hydrogen) atoms. The highest BCUT2D eigenvalue weighted by Gasteiger charge is 2.39. The van der Waals surface area contributed by atoms with E-state index in [9.17, 15) is 18.4 Å². The van der Waals surface area contributed by atoms with Crippen molar-refractivity contribution in [2.75, 3.05) is 13.7 Å². The summed E-state index contributed by atoms with van der Waals surface area (Å²) in [6.45, 7) is 7.48. The largest absolute Gasteiger partial charge is 0.497 e. The van der Waals surface area contributed by atoms with Gasteiger partial charge < -0.3 is 9.30 Å². The molecule has 1 atom stereocenters. The van der Waals surface area contributed by atoms with Crippen LogP contribution in [0.2, 0.25) is 19.6 Å². The number of hydrogen-bond acceptors (Lipinski definition) is 4. The van der Waals surface area contributed by atoms with Gasteiger partial charge in [-0.25, -0.2) is 8.78 Å². The number of fused-ring (bicyclic) bond motifs is 5. The van der Waals surface area contributed by atoms with Crippen LogP contribution in [0.1, 0.15) is 54.6 Å². The average Bonchev–Trinajstić information content (AvgIpc) is 3.54. The van der Waals surface area contributed by atoms with Crippen molar-refractivity contribution in [3.05, 3.63) is 148 Å². The fourth-order valence-electron chi connectivity index (χ4n) is 7.73. The number of rotatable bonds is 7. The average molecular weight is 684 g/mol. The van der Waals surface area contributed by atoms with E-state index in [-0.39, 0.29) is 24.3 Å². The highest BCUT2D eigenvalue weighted by molar-refractivity contribution is 6.88. The molecule has 0 aliphatic carbocycles. The Morgan fingerprint density at radius 3 is 2.12 bits per heavy atom. The zero-order valence-electron chi connectivity index (χ0n) is 28.3. The summed E-state index contributed by atoms with van der Waals surface area (Å²) in [6, 6.07) is 28.8. The molecule has 8 rings (SSSR count). The second-order valence-electron chi connectivity index (χ2n) is 14.1. The number of para-hydroxylation sites is 1. The normalized spacial score (nSPS) is 15.3. The molecule has 6 nitrogen and oxygen atoms in total. The van der Waals surface area contributed by atoms with Crippen LogP contribution in [0.3, 0.4) is 0 Å². The maximum absolute atomic E-state index is 14.5. The molecule has 0 spiro atoms. The van der Waals surface area contributed by atoms with Crippen LogP contribution < -0.4 is 10.1 Å². The van der Waals surface area contributed by atoms with Gasteiger partial charge in [0.05, 0.1) is 29.8 Å². The summed E-state index contributed by atoms with van der Waals surface area (Å²) in [4.78, 5) is 33.4. The molecule has 9 heteroatoms. The Kier molecular flexibility index (Phi) is 7.56. The predicted molar refractivity (Wildman–Crippen MR) is 193 cm³/mol. The van der Waals surface area contributed by atoms with E-state index < -0.39 is 19.7 Å². The Morgan fingerprint density at radius 1 is 0.840 bits per heavy atom. The number of aromatic nitrogens is 2. The van der Waals surface area contributed by atoms with Crippen LogP contribution in [0, 0.1) is 11.6 Å². The van der Waals surface area contributed by atoms with Crippen molar-refractivity contribution < 1.29 is 23.1 Å². The molecule has 0 bridgehead atoms. The van der Waals surface area contributed by atoms with E-state index in [0.29, 0.717) is 35.3 Å². The summed E-state index contributed by atoms with van der Waals surface area (Å²) >= 11 is 0. The zero-order valence-corrected chi connectivity index (χ0v) is 29.3. The first-order valence-electron chi connectivity index (χ1n) is 16.7. The third-order valence-corrected chi connectivity index (χ3v) is 11.7. The van der Waals surface area contributed by atoms with E-state index >= 15 is 0 Å². The lowest BCUT2D eigenvalue weighted by Gasteiger charge is -2.35. The van der Waals surface area contributed by atoms with Gasteiger partial charge in [0.1, 0.15) is 25.5 Å². The molecular formula is C41H35F2N3O3Si. The van der Waals surface area contributed by atoms with Gasteiger partial charge in [-0.3, -0.25) is 19.5 Å². The van der Waals surface area contributed by atoms with Crippen molar-refractivity contribution in [2.45, 2.75) is 38.5 Å². The third-order valence-electron chi connectivity index (χ3n) is 9.94. The monoisotopic (exact) mass is 683 g/mol. The van der Waals surface area contributed by atoms with Gasteiger partial charge in [0.2, 0.25) is 0 Å². The Bertz CT molecular complexity index is 2310. The summed E-state index contributed by atoms with van der Waals surface area (Å²) in [6.07, 6.45) is 0.465. The number of hydrogen-bond donors (Lipinski definition) is 0. The Morgan fingerprint density at radius 2 is 1.48 bits per heavy atom. The first kappa shape index (κ1) is 31.8. The second kappa shape index (κ2) is 11.9. The van der Waals surface area contributed by atoms with E-state index in [0.717, 1.165) is 56.0 Å². The number of methoxy groups -OCH3 is 1. The lowest BCUT2D eigenvalue weighted by molar-refractivity contribution is 0.0656. The fourth-order valence-corrected chi connectivity index (χ4v) is 9.30. The maximum atomic E-state index is 14.5. The van der Waals surface area contributed by atoms with E-state index in [1.54, 1.807) is 31.4 Å². The maximum Gasteiger partial charge on any atom is 0.261 e. The minimum absolute atomic E-state index is 0.235. The Labute approximate surface area is 290 Å². The lowest BCUT2D eigenvalue weighted by Crippen LogP contribution is -2.45. The van der Waals surface area contributed by atoms with Crippen LogP contribution in [0.5, 0.6) is 5.75 Å². The SMILES string of the molecule is COc1ccc(C2c3c(cc(-c4cc(F)cc(F)c4)nc3[Si](C)(C)C)Cn3c2c(CCN2C(=O)c4ccccc4C2=O)c2ccccc23)cc1. The van der Waals surface area contributed by atoms with E-state index in [1.165, 1.54) is 17.0 Å². The highest BCUT2D eigenvalue weighted by Crippen LogP contribution is 2.45. The molecule has 4 aromatic carbocycles. The fraction of sp³-hybridized carbons (Fsp3) is 0.195. The summed E-state index contributed by atoms with van der Waals surface area (Å²) in [5.41, 5.74) is 8.20. The zero-order chi connectivity index (χ0) is 34.9. The number of nitrogens with zero attached hydrogens (tertiary/aromatic N) is 3. The number of carbonyl (C=O) groups is 2. The van der Waals surface area contributed by atoms with Crippen LogP contribution in [0.4, 0.5) is 8.78 Å². The van der Waals surface area contributed by atoms with Gasteiger partial charge in [-0.2, -0.15) is 0 Å². The summed E-state index contributed by atoms with van der Waals surface area (Å²) < 4.78 is 36.9. The highest BCUT2D eigenvalue weighted by atomic mass is 28.3. The minimum Gasteiger partial charge on any atom is -0.497 e. The van der Waals surface area contributed by atoms with E-state index in [1.807, 2.05) is 30.3 Å². The van der Waals surface area contributed by atoms with Gasteiger partial charge in [-0.15, -0.1) is 0 Å². The van der Waals surface area contributed by atoms with Gasteiger partial charge in [-0.1, -0.05) is 62.1 Å². The molecule has 0 fully saturated rings. The third kappa shape index (κ3) is 5.15. The molecule has 0 saturated heterocycles. The molecule has 0 radical (unpaired) electrons. The van der Waals surface area contributed by atoms with Crippen molar-refractivity contribution >= 4 is 36.1 Å². The van der Waals surface area contributed by atoms with Crippen molar-refractivity contribution in [1.29, 1.82) is 0 Å². The van der Waals surface area contributed by atoms with Gasteiger partial charge in [-0.05, 0) is 77.2 Å². The number of pyridine rings is 1. The molecule has 0 N–H and O–H groups in total. The standard InChI is InChI=1S/C41H35F2N3O3Si/c1-49-29-15-13-24(14-16-29)36-37-26(21-34(44-39(37)50(2,3)4)25-19-27(42)22-28(43)20-25)23-46-35-12-8-7-9-30(35)31(38(36)46)17-18-45-40(47)32-10-5-6-11-33(32)41(45)48/h5-16,19-22,36H,17-18,23H2,1-4H3. The first-order chi connectivity index (χ1) is 24.0.